The van der Waals surface area contributed by atoms with E-state index < -0.39 is 5.60 Å². The third kappa shape index (κ3) is 5.23. The quantitative estimate of drug-likeness (QED) is 0.760. The summed E-state index contributed by atoms with van der Waals surface area (Å²) in [6.45, 7) is 5.88. The van der Waals surface area contributed by atoms with Crippen molar-refractivity contribution in [2.75, 3.05) is 11.9 Å². The monoisotopic (exact) mass is 374 g/mol. The summed E-state index contributed by atoms with van der Waals surface area (Å²) in [5, 5.41) is 6.19. The Hall–Kier alpha value is -2.53. The Labute approximate surface area is 158 Å². The molecular weight excluding hydrogens is 352 g/mol. The van der Waals surface area contributed by atoms with E-state index in [9.17, 15) is 9.59 Å². The Balaban J connectivity index is 2.13. The van der Waals surface area contributed by atoms with Gasteiger partial charge in [-0.15, -0.1) is 0 Å². The summed E-state index contributed by atoms with van der Waals surface area (Å²) in [4.78, 5) is 25.0. The van der Waals surface area contributed by atoms with Crippen molar-refractivity contribution in [3.63, 3.8) is 0 Å². The SMILES string of the molecule is CCCNC(=O)c1ccccc1NC(=O)C(C)(C)Oc1ccc(Cl)cc1. The van der Waals surface area contributed by atoms with Crippen LogP contribution in [0.2, 0.25) is 5.02 Å². The fourth-order valence-corrected chi connectivity index (χ4v) is 2.37. The zero-order valence-corrected chi connectivity index (χ0v) is 15.9. The molecule has 0 aromatic heterocycles. The Bertz CT molecular complexity index is 773. The van der Waals surface area contributed by atoms with Crippen molar-refractivity contribution in [3.05, 3.63) is 59.1 Å². The molecule has 0 fully saturated rings. The van der Waals surface area contributed by atoms with Crippen molar-refractivity contribution in [3.8, 4) is 5.75 Å². The molecule has 0 unspecified atom stereocenters. The highest BCUT2D eigenvalue weighted by Crippen LogP contribution is 2.23. The lowest BCUT2D eigenvalue weighted by Gasteiger charge is -2.26. The number of nitrogens with one attached hydrogen (secondary N) is 2. The van der Waals surface area contributed by atoms with Gasteiger partial charge in [-0.05, 0) is 56.7 Å². The van der Waals surface area contributed by atoms with Gasteiger partial charge < -0.3 is 15.4 Å². The van der Waals surface area contributed by atoms with Gasteiger partial charge in [0.2, 0.25) is 0 Å². The minimum Gasteiger partial charge on any atom is -0.478 e. The Morgan fingerprint density at radius 1 is 1.08 bits per heavy atom. The molecule has 2 aromatic carbocycles. The molecular formula is C20H23ClN2O3. The molecule has 0 aliphatic carbocycles. The molecule has 26 heavy (non-hydrogen) atoms. The van der Waals surface area contributed by atoms with E-state index in [1.165, 1.54) is 0 Å². The maximum absolute atomic E-state index is 12.7. The molecule has 0 atom stereocenters. The van der Waals surface area contributed by atoms with Crippen molar-refractivity contribution in [1.82, 2.24) is 5.32 Å². The second-order valence-corrected chi connectivity index (χ2v) is 6.76. The predicted octanol–water partition coefficient (Wildman–Crippen LogP) is 4.28. The second kappa shape index (κ2) is 8.72. The standard InChI is InChI=1S/C20H23ClN2O3/c1-4-13-22-18(24)16-7-5-6-8-17(16)23-19(25)20(2,3)26-15-11-9-14(21)10-12-15/h5-12H,4,13H2,1-3H3,(H,22,24)(H,23,25). The molecule has 0 radical (unpaired) electrons. The number of halogens is 1. The number of ether oxygens (including phenoxy) is 1. The number of benzene rings is 2. The molecule has 5 nitrogen and oxygen atoms in total. The summed E-state index contributed by atoms with van der Waals surface area (Å²) < 4.78 is 5.78. The van der Waals surface area contributed by atoms with Gasteiger partial charge in [-0.1, -0.05) is 30.7 Å². The number of hydrogen-bond donors (Lipinski definition) is 2. The van der Waals surface area contributed by atoms with Crippen LogP contribution in [0.15, 0.2) is 48.5 Å². The fraction of sp³-hybridized carbons (Fsp3) is 0.300. The molecule has 0 saturated heterocycles. The highest BCUT2D eigenvalue weighted by Gasteiger charge is 2.31. The summed E-state index contributed by atoms with van der Waals surface area (Å²) >= 11 is 5.86. The zero-order valence-electron chi connectivity index (χ0n) is 15.1. The van der Waals surface area contributed by atoms with Gasteiger partial charge >= 0.3 is 0 Å². The van der Waals surface area contributed by atoms with E-state index >= 15 is 0 Å². The van der Waals surface area contributed by atoms with Gasteiger partial charge in [-0.2, -0.15) is 0 Å². The highest BCUT2D eigenvalue weighted by molar-refractivity contribution is 6.30. The van der Waals surface area contributed by atoms with E-state index in [0.29, 0.717) is 28.6 Å². The van der Waals surface area contributed by atoms with Crippen molar-refractivity contribution >= 4 is 29.1 Å². The summed E-state index contributed by atoms with van der Waals surface area (Å²) in [5.74, 6) is -0.0501. The van der Waals surface area contributed by atoms with Gasteiger partial charge in [0.15, 0.2) is 5.60 Å². The summed E-state index contributed by atoms with van der Waals surface area (Å²) in [7, 11) is 0. The molecule has 2 rings (SSSR count). The lowest BCUT2D eigenvalue weighted by Crippen LogP contribution is -2.43. The first kappa shape index (κ1) is 19.8. The van der Waals surface area contributed by atoms with Crippen LogP contribution in [-0.2, 0) is 4.79 Å². The third-order valence-electron chi connectivity index (χ3n) is 3.69. The Kier molecular flexibility index (Phi) is 6.64. The highest BCUT2D eigenvalue weighted by atomic mass is 35.5. The molecule has 6 heteroatoms. The lowest BCUT2D eigenvalue weighted by molar-refractivity contribution is -0.128. The van der Waals surface area contributed by atoms with Crippen LogP contribution in [0, 0.1) is 0 Å². The zero-order chi connectivity index (χ0) is 19.2. The third-order valence-corrected chi connectivity index (χ3v) is 3.94. The Morgan fingerprint density at radius 3 is 2.38 bits per heavy atom. The number of amides is 2. The van der Waals surface area contributed by atoms with Gasteiger partial charge in [0.25, 0.3) is 11.8 Å². The molecule has 0 aliphatic heterocycles. The average Bonchev–Trinajstić information content (AvgIpc) is 2.62. The lowest BCUT2D eigenvalue weighted by atomic mass is 10.1. The number of para-hydroxylation sites is 1. The van der Waals surface area contributed by atoms with Gasteiger partial charge in [0, 0.05) is 11.6 Å². The van der Waals surface area contributed by atoms with Crippen LogP contribution in [0.3, 0.4) is 0 Å². The molecule has 0 bridgehead atoms. The number of hydrogen-bond acceptors (Lipinski definition) is 3. The Morgan fingerprint density at radius 2 is 1.73 bits per heavy atom. The van der Waals surface area contributed by atoms with Crippen molar-refractivity contribution in [2.45, 2.75) is 32.8 Å². The number of anilines is 1. The molecule has 2 amide bonds. The summed E-state index contributed by atoms with van der Waals surface area (Å²) in [6, 6.07) is 13.7. The maximum atomic E-state index is 12.7. The van der Waals surface area contributed by atoms with Crippen LogP contribution >= 0.6 is 11.6 Å². The first-order valence-electron chi connectivity index (χ1n) is 8.46. The van der Waals surface area contributed by atoms with Gasteiger partial charge in [0.1, 0.15) is 5.75 Å². The number of carbonyl (C=O) groups is 2. The molecule has 0 spiro atoms. The maximum Gasteiger partial charge on any atom is 0.267 e. The van der Waals surface area contributed by atoms with Crippen LogP contribution in [0.1, 0.15) is 37.6 Å². The summed E-state index contributed by atoms with van der Waals surface area (Å²) in [6.07, 6.45) is 0.836. The first-order valence-corrected chi connectivity index (χ1v) is 8.84. The summed E-state index contributed by atoms with van der Waals surface area (Å²) in [5.41, 5.74) is -0.281. The van der Waals surface area contributed by atoms with E-state index in [0.717, 1.165) is 6.42 Å². The van der Waals surface area contributed by atoms with Gasteiger partial charge in [0.05, 0.1) is 11.3 Å². The van der Waals surface area contributed by atoms with Crippen LogP contribution in [-0.4, -0.2) is 24.0 Å². The van der Waals surface area contributed by atoms with E-state index in [1.54, 1.807) is 62.4 Å². The minimum absolute atomic E-state index is 0.223. The van der Waals surface area contributed by atoms with Gasteiger partial charge in [-0.3, -0.25) is 9.59 Å². The normalized spacial score (nSPS) is 10.9. The molecule has 0 saturated carbocycles. The van der Waals surface area contributed by atoms with Crippen LogP contribution < -0.4 is 15.4 Å². The van der Waals surface area contributed by atoms with E-state index in [-0.39, 0.29) is 11.8 Å². The minimum atomic E-state index is -1.14. The van der Waals surface area contributed by atoms with E-state index in [1.807, 2.05) is 6.92 Å². The van der Waals surface area contributed by atoms with E-state index in [2.05, 4.69) is 10.6 Å². The molecule has 2 N–H and O–H groups in total. The van der Waals surface area contributed by atoms with Crippen molar-refractivity contribution in [1.29, 1.82) is 0 Å². The molecule has 2 aromatic rings. The number of rotatable bonds is 7. The van der Waals surface area contributed by atoms with Crippen LogP contribution in [0.5, 0.6) is 5.75 Å². The van der Waals surface area contributed by atoms with Crippen LogP contribution in [0.4, 0.5) is 5.69 Å². The van der Waals surface area contributed by atoms with E-state index in [4.69, 9.17) is 16.3 Å². The topological polar surface area (TPSA) is 67.4 Å². The first-order chi connectivity index (χ1) is 12.3. The van der Waals surface area contributed by atoms with Crippen molar-refractivity contribution in [2.24, 2.45) is 0 Å². The largest absolute Gasteiger partial charge is 0.478 e. The molecule has 0 heterocycles. The molecule has 138 valence electrons. The average molecular weight is 375 g/mol. The smallest absolute Gasteiger partial charge is 0.267 e. The van der Waals surface area contributed by atoms with Crippen molar-refractivity contribution < 1.29 is 14.3 Å². The van der Waals surface area contributed by atoms with Crippen LogP contribution in [0.25, 0.3) is 0 Å². The second-order valence-electron chi connectivity index (χ2n) is 6.32. The number of carbonyl (C=O) groups excluding carboxylic acids is 2. The van der Waals surface area contributed by atoms with Gasteiger partial charge in [-0.25, -0.2) is 0 Å². The molecule has 0 aliphatic rings. The fourth-order valence-electron chi connectivity index (χ4n) is 2.24. The predicted molar refractivity (Wildman–Crippen MR) is 104 cm³/mol.